The van der Waals surface area contributed by atoms with E-state index in [0.29, 0.717) is 29.6 Å². The Kier molecular flexibility index (Phi) is 5.28. The number of fused-ring (bicyclic) bond motifs is 2. The number of carbonyl (C=O) groups is 2. The van der Waals surface area contributed by atoms with Crippen molar-refractivity contribution in [3.05, 3.63) is 41.1 Å². The number of pyridine rings is 1. The summed E-state index contributed by atoms with van der Waals surface area (Å²) >= 11 is 0. The third-order valence-corrected chi connectivity index (χ3v) is 4.66. The Bertz CT molecular complexity index is 803. The van der Waals surface area contributed by atoms with Gasteiger partial charge < -0.3 is 15.2 Å². The monoisotopic (exact) mass is 342 g/mol. The van der Waals surface area contributed by atoms with Crippen molar-refractivity contribution in [2.75, 3.05) is 20.3 Å². The number of carbonyl (C=O) groups excluding carboxylic acids is 1. The molecule has 6 nitrogen and oxygen atoms in total. The molecule has 25 heavy (non-hydrogen) atoms. The molecule has 1 amide bonds. The molecule has 0 bridgehead atoms. The summed E-state index contributed by atoms with van der Waals surface area (Å²) in [5.41, 5.74) is 2.55. The summed E-state index contributed by atoms with van der Waals surface area (Å²) in [6.45, 7) is 0.913. The van der Waals surface area contributed by atoms with Crippen LogP contribution in [0.2, 0.25) is 0 Å². The average Bonchev–Trinajstić information content (AvgIpc) is 2.60. The first kappa shape index (κ1) is 17.4. The van der Waals surface area contributed by atoms with Crippen LogP contribution in [0.1, 0.15) is 46.8 Å². The lowest BCUT2D eigenvalue weighted by atomic mass is 9.79. The molecule has 1 unspecified atom stereocenters. The van der Waals surface area contributed by atoms with Crippen LogP contribution in [-0.4, -0.2) is 42.2 Å². The van der Waals surface area contributed by atoms with Crippen LogP contribution in [0.4, 0.5) is 0 Å². The van der Waals surface area contributed by atoms with Crippen molar-refractivity contribution in [1.82, 2.24) is 10.3 Å². The minimum absolute atomic E-state index is 0.0839. The number of amides is 1. The largest absolute Gasteiger partial charge is 0.478 e. The number of methoxy groups -OCH3 is 1. The number of nitrogens with zero attached hydrogens (tertiary/aromatic N) is 1. The second-order valence-electron chi connectivity index (χ2n) is 6.31. The van der Waals surface area contributed by atoms with Gasteiger partial charge in [-0.25, -0.2) is 4.79 Å². The van der Waals surface area contributed by atoms with Gasteiger partial charge in [0.15, 0.2) is 0 Å². The van der Waals surface area contributed by atoms with Crippen molar-refractivity contribution < 1.29 is 19.4 Å². The number of hydrogen-bond acceptors (Lipinski definition) is 4. The molecule has 0 aliphatic heterocycles. The number of aryl methyl sites for hydroxylation is 1. The quantitative estimate of drug-likeness (QED) is 0.788. The van der Waals surface area contributed by atoms with E-state index in [-0.39, 0.29) is 18.2 Å². The van der Waals surface area contributed by atoms with Crippen molar-refractivity contribution in [2.24, 2.45) is 0 Å². The molecule has 3 rings (SSSR count). The summed E-state index contributed by atoms with van der Waals surface area (Å²) < 4.78 is 4.93. The smallest absolute Gasteiger partial charge is 0.336 e. The van der Waals surface area contributed by atoms with Crippen LogP contribution in [-0.2, 0) is 16.0 Å². The maximum absolute atomic E-state index is 12.2. The average molecular weight is 342 g/mol. The Morgan fingerprint density at radius 2 is 2.16 bits per heavy atom. The topological polar surface area (TPSA) is 88.5 Å². The lowest BCUT2D eigenvalue weighted by molar-refractivity contribution is -0.121. The molecule has 1 aliphatic rings. The zero-order valence-corrected chi connectivity index (χ0v) is 14.2. The standard InChI is InChI=1S/C19H22N2O4/c1-25-10-9-20-16(22)11-12-5-4-8-15-17(12)18(19(23)24)13-6-2-3-7-14(13)21-15/h2-3,6-7,12H,4-5,8-11H2,1H3,(H,20,22)(H,23,24). The van der Waals surface area contributed by atoms with Crippen LogP contribution in [0.3, 0.4) is 0 Å². The van der Waals surface area contributed by atoms with E-state index in [0.717, 1.165) is 30.5 Å². The molecule has 1 atom stereocenters. The van der Waals surface area contributed by atoms with Gasteiger partial charge in [0.25, 0.3) is 0 Å². The molecule has 0 fully saturated rings. The molecule has 2 aromatic rings. The van der Waals surface area contributed by atoms with Gasteiger partial charge in [-0.05, 0) is 36.8 Å². The highest BCUT2D eigenvalue weighted by Gasteiger charge is 2.30. The van der Waals surface area contributed by atoms with E-state index >= 15 is 0 Å². The van der Waals surface area contributed by atoms with Crippen molar-refractivity contribution >= 4 is 22.8 Å². The number of aromatic nitrogens is 1. The number of nitrogens with one attached hydrogen (secondary N) is 1. The summed E-state index contributed by atoms with van der Waals surface area (Å²) in [4.78, 5) is 28.9. The molecule has 1 aromatic heterocycles. The van der Waals surface area contributed by atoms with Gasteiger partial charge in [0.05, 0.1) is 17.7 Å². The summed E-state index contributed by atoms with van der Waals surface area (Å²) in [6.07, 6.45) is 2.73. The van der Waals surface area contributed by atoms with Gasteiger partial charge >= 0.3 is 5.97 Å². The molecule has 0 radical (unpaired) electrons. The Hall–Kier alpha value is -2.47. The van der Waals surface area contributed by atoms with Crippen LogP contribution in [0.15, 0.2) is 24.3 Å². The summed E-state index contributed by atoms with van der Waals surface area (Å²) in [7, 11) is 1.58. The summed E-state index contributed by atoms with van der Waals surface area (Å²) in [6, 6.07) is 7.30. The number of rotatable bonds is 6. The van der Waals surface area contributed by atoms with Gasteiger partial charge in [-0.1, -0.05) is 18.2 Å². The van der Waals surface area contributed by atoms with Crippen LogP contribution in [0.5, 0.6) is 0 Å². The van der Waals surface area contributed by atoms with Gasteiger partial charge in [0.2, 0.25) is 5.91 Å². The zero-order valence-electron chi connectivity index (χ0n) is 14.2. The molecular formula is C19H22N2O4. The predicted octanol–water partition coefficient (Wildman–Crippen LogP) is 2.51. The highest BCUT2D eigenvalue weighted by atomic mass is 16.5. The molecule has 132 valence electrons. The first-order valence-corrected chi connectivity index (χ1v) is 8.52. The Balaban J connectivity index is 1.98. The Morgan fingerprint density at radius 3 is 2.92 bits per heavy atom. The van der Waals surface area contributed by atoms with E-state index in [1.807, 2.05) is 18.2 Å². The van der Waals surface area contributed by atoms with Gasteiger partial charge in [-0.15, -0.1) is 0 Å². The van der Waals surface area contributed by atoms with Crippen LogP contribution < -0.4 is 5.32 Å². The number of hydrogen-bond donors (Lipinski definition) is 2. The summed E-state index contributed by atoms with van der Waals surface area (Å²) in [5, 5.41) is 13.3. The first-order chi connectivity index (χ1) is 12.1. The van der Waals surface area contributed by atoms with E-state index in [1.165, 1.54) is 0 Å². The maximum Gasteiger partial charge on any atom is 0.336 e. The second-order valence-corrected chi connectivity index (χ2v) is 6.31. The predicted molar refractivity (Wildman–Crippen MR) is 93.9 cm³/mol. The van der Waals surface area contributed by atoms with Gasteiger partial charge in [0.1, 0.15) is 0 Å². The number of carboxylic acids is 1. The molecule has 1 aromatic carbocycles. The fourth-order valence-electron chi connectivity index (χ4n) is 3.59. The van der Waals surface area contributed by atoms with E-state index in [4.69, 9.17) is 4.74 Å². The lowest BCUT2D eigenvalue weighted by Crippen LogP contribution is -2.29. The van der Waals surface area contributed by atoms with Gasteiger partial charge in [-0.2, -0.15) is 0 Å². The Morgan fingerprint density at radius 1 is 1.36 bits per heavy atom. The minimum Gasteiger partial charge on any atom is -0.478 e. The third kappa shape index (κ3) is 3.64. The van der Waals surface area contributed by atoms with Crippen LogP contribution in [0, 0.1) is 0 Å². The minimum atomic E-state index is -0.957. The van der Waals surface area contributed by atoms with Gasteiger partial charge in [-0.3, -0.25) is 9.78 Å². The molecular weight excluding hydrogens is 320 g/mol. The first-order valence-electron chi connectivity index (χ1n) is 8.52. The molecule has 6 heteroatoms. The van der Waals surface area contributed by atoms with E-state index in [2.05, 4.69) is 10.3 Å². The number of para-hydroxylation sites is 1. The Labute approximate surface area is 146 Å². The molecule has 1 heterocycles. The summed E-state index contributed by atoms with van der Waals surface area (Å²) in [5.74, 6) is -1.16. The van der Waals surface area contributed by atoms with Crippen LogP contribution >= 0.6 is 0 Å². The molecule has 0 spiro atoms. The molecule has 2 N–H and O–H groups in total. The fourth-order valence-corrected chi connectivity index (χ4v) is 3.59. The van der Waals surface area contributed by atoms with E-state index in [1.54, 1.807) is 13.2 Å². The highest BCUT2D eigenvalue weighted by molar-refractivity contribution is 6.04. The molecule has 0 saturated heterocycles. The fraction of sp³-hybridized carbons (Fsp3) is 0.421. The highest BCUT2D eigenvalue weighted by Crippen LogP contribution is 2.38. The van der Waals surface area contributed by atoms with E-state index < -0.39 is 5.97 Å². The van der Waals surface area contributed by atoms with E-state index in [9.17, 15) is 14.7 Å². The second kappa shape index (κ2) is 7.61. The zero-order chi connectivity index (χ0) is 17.8. The number of aromatic carboxylic acids is 1. The molecule has 1 aliphatic carbocycles. The van der Waals surface area contributed by atoms with Crippen molar-refractivity contribution in [1.29, 1.82) is 0 Å². The maximum atomic E-state index is 12.2. The number of carboxylic acid groups (broad SMARTS) is 1. The normalized spacial score (nSPS) is 16.4. The van der Waals surface area contributed by atoms with Crippen molar-refractivity contribution in [3.8, 4) is 0 Å². The third-order valence-electron chi connectivity index (χ3n) is 4.66. The lowest BCUT2D eigenvalue weighted by Gasteiger charge is -2.27. The number of benzene rings is 1. The van der Waals surface area contributed by atoms with Gasteiger partial charge in [0, 0.05) is 31.2 Å². The SMILES string of the molecule is COCCNC(=O)CC1CCCc2nc3ccccc3c(C(=O)O)c21. The van der Waals surface area contributed by atoms with Crippen LogP contribution in [0.25, 0.3) is 10.9 Å². The van der Waals surface area contributed by atoms with Crippen molar-refractivity contribution in [2.45, 2.75) is 31.6 Å². The van der Waals surface area contributed by atoms with Crippen molar-refractivity contribution in [3.63, 3.8) is 0 Å². The number of ether oxygens (including phenoxy) is 1. The molecule has 0 saturated carbocycles.